The molecule has 0 fully saturated rings. The number of allylic oxidation sites excluding steroid dienone is 3. The Bertz CT molecular complexity index is 312. The Balaban J connectivity index is 2.61. The zero-order valence-corrected chi connectivity index (χ0v) is 8.48. The van der Waals surface area contributed by atoms with E-state index in [2.05, 4.69) is 18.0 Å². The molecule has 14 heavy (non-hydrogen) atoms. The first-order valence-electron chi connectivity index (χ1n) is 4.88. The van der Waals surface area contributed by atoms with Crippen LogP contribution in [-0.2, 0) is 0 Å². The van der Waals surface area contributed by atoms with Crippen molar-refractivity contribution >= 4 is 5.70 Å². The third kappa shape index (κ3) is 3.44. The Morgan fingerprint density at radius 1 is 1.50 bits per heavy atom. The topological polar surface area (TPSA) is 38.9 Å². The fourth-order valence-corrected chi connectivity index (χ4v) is 1.05. The van der Waals surface area contributed by atoms with Gasteiger partial charge in [0, 0.05) is 6.20 Å². The molecule has 2 N–H and O–H groups in total. The zero-order chi connectivity index (χ0) is 10.2. The van der Waals surface area contributed by atoms with Gasteiger partial charge >= 0.3 is 0 Å². The fourth-order valence-electron chi connectivity index (χ4n) is 1.05. The van der Waals surface area contributed by atoms with Crippen LogP contribution in [0.25, 0.3) is 5.70 Å². The second kappa shape index (κ2) is 5.97. The first-order chi connectivity index (χ1) is 6.84. The van der Waals surface area contributed by atoms with E-state index in [4.69, 9.17) is 5.73 Å². The lowest BCUT2D eigenvalue weighted by molar-refractivity contribution is 0.959. The van der Waals surface area contributed by atoms with Crippen LogP contribution in [0.15, 0.2) is 42.6 Å². The molecular formula is C12H16N2. The highest BCUT2D eigenvalue weighted by Crippen LogP contribution is 2.03. The van der Waals surface area contributed by atoms with Crippen molar-refractivity contribution in [3.63, 3.8) is 0 Å². The van der Waals surface area contributed by atoms with Crippen LogP contribution in [-0.4, -0.2) is 4.98 Å². The number of aromatic nitrogens is 1. The van der Waals surface area contributed by atoms with Crippen LogP contribution in [0.4, 0.5) is 0 Å². The van der Waals surface area contributed by atoms with Crippen molar-refractivity contribution in [1.29, 1.82) is 0 Å². The lowest BCUT2D eigenvalue weighted by Crippen LogP contribution is -1.97. The summed E-state index contributed by atoms with van der Waals surface area (Å²) in [5, 5.41) is 0. The molecule has 0 amide bonds. The van der Waals surface area contributed by atoms with Crippen molar-refractivity contribution in [3.8, 4) is 0 Å². The molecule has 0 spiro atoms. The van der Waals surface area contributed by atoms with Crippen LogP contribution in [0.1, 0.15) is 25.5 Å². The molecule has 1 rings (SSSR count). The first kappa shape index (κ1) is 10.5. The van der Waals surface area contributed by atoms with Gasteiger partial charge in [0.2, 0.25) is 0 Å². The largest absolute Gasteiger partial charge is 0.397 e. The summed E-state index contributed by atoms with van der Waals surface area (Å²) in [4.78, 5) is 4.15. The summed E-state index contributed by atoms with van der Waals surface area (Å²) in [5.74, 6) is 0. The van der Waals surface area contributed by atoms with Gasteiger partial charge < -0.3 is 5.73 Å². The van der Waals surface area contributed by atoms with Gasteiger partial charge in [-0.25, -0.2) is 0 Å². The highest BCUT2D eigenvalue weighted by molar-refractivity contribution is 5.60. The molecule has 2 heteroatoms. The maximum Gasteiger partial charge on any atom is 0.0858 e. The van der Waals surface area contributed by atoms with Crippen LogP contribution in [0.2, 0.25) is 0 Å². The van der Waals surface area contributed by atoms with Crippen molar-refractivity contribution in [2.45, 2.75) is 19.8 Å². The van der Waals surface area contributed by atoms with Gasteiger partial charge in [-0.15, -0.1) is 0 Å². The molecule has 1 heterocycles. The third-order valence-electron chi connectivity index (χ3n) is 1.83. The molecule has 0 aliphatic heterocycles. The highest BCUT2D eigenvalue weighted by atomic mass is 14.7. The number of nitrogens with two attached hydrogens (primary N) is 1. The Morgan fingerprint density at radius 2 is 2.36 bits per heavy atom. The summed E-state index contributed by atoms with van der Waals surface area (Å²) < 4.78 is 0. The van der Waals surface area contributed by atoms with Crippen molar-refractivity contribution in [1.82, 2.24) is 4.98 Å². The maximum absolute atomic E-state index is 5.82. The van der Waals surface area contributed by atoms with Gasteiger partial charge in [0.25, 0.3) is 0 Å². The van der Waals surface area contributed by atoms with Gasteiger partial charge in [0.15, 0.2) is 0 Å². The predicted molar refractivity (Wildman–Crippen MR) is 60.4 cm³/mol. The van der Waals surface area contributed by atoms with Gasteiger partial charge in [-0.05, 0) is 24.6 Å². The summed E-state index contributed by atoms with van der Waals surface area (Å²) in [6.45, 7) is 2.15. The van der Waals surface area contributed by atoms with Crippen LogP contribution >= 0.6 is 0 Å². The normalized spacial score (nSPS) is 12.2. The van der Waals surface area contributed by atoms with E-state index in [1.54, 1.807) is 6.20 Å². The Kier molecular flexibility index (Phi) is 4.48. The Labute approximate surface area is 85.2 Å². The molecule has 0 aliphatic rings. The number of rotatable bonds is 4. The summed E-state index contributed by atoms with van der Waals surface area (Å²) in [6.07, 6.45) is 9.97. The molecule has 0 saturated heterocycles. The van der Waals surface area contributed by atoms with Crippen molar-refractivity contribution in [2.24, 2.45) is 5.73 Å². The summed E-state index contributed by atoms with van der Waals surface area (Å²) in [7, 11) is 0. The summed E-state index contributed by atoms with van der Waals surface area (Å²) >= 11 is 0. The molecule has 0 radical (unpaired) electrons. The Hall–Kier alpha value is -1.57. The second-order valence-electron chi connectivity index (χ2n) is 3.05. The van der Waals surface area contributed by atoms with E-state index in [0.717, 1.165) is 18.5 Å². The van der Waals surface area contributed by atoms with Gasteiger partial charge in [0.05, 0.1) is 11.4 Å². The van der Waals surface area contributed by atoms with Gasteiger partial charge in [-0.1, -0.05) is 31.6 Å². The SMILES string of the molecule is CCC/C=C\C=C(/N)c1ccccn1. The minimum atomic E-state index is 0.706. The number of pyridine rings is 1. The van der Waals surface area contributed by atoms with E-state index in [1.165, 1.54) is 0 Å². The van der Waals surface area contributed by atoms with Crippen molar-refractivity contribution in [2.75, 3.05) is 0 Å². The van der Waals surface area contributed by atoms with Crippen molar-refractivity contribution < 1.29 is 0 Å². The summed E-state index contributed by atoms with van der Waals surface area (Å²) in [5.41, 5.74) is 7.36. The number of hydrogen-bond acceptors (Lipinski definition) is 2. The van der Waals surface area contributed by atoms with Crippen LogP contribution in [0.5, 0.6) is 0 Å². The van der Waals surface area contributed by atoms with E-state index >= 15 is 0 Å². The molecule has 0 saturated carbocycles. The maximum atomic E-state index is 5.82. The monoisotopic (exact) mass is 188 g/mol. The van der Waals surface area contributed by atoms with Crippen LogP contribution in [0, 0.1) is 0 Å². The lowest BCUT2D eigenvalue weighted by atomic mass is 10.2. The molecule has 0 atom stereocenters. The van der Waals surface area contributed by atoms with E-state index in [9.17, 15) is 0 Å². The second-order valence-corrected chi connectivity index (χ2v) is 3.05. The molecule has 0 unspecified atom stereocenters. The van der Waals surface area contributed by atoms with E-state index in [-0.39, 0.29) is 0 Å². The standard InChI is InChI=1S/C12H16N2/c1-2-3-4-5-8-11(13)12-9-6-7-10-14-12/h4-10H,2-3,13H2,1H3/b5-4-,11-8-. The molecular weight excluding hydrogens is 172 g/mol. The molecule has 1 aromatic heterocycles. The third-order valence-corrected chi connectivity index (χ3v) is 1.83. The lowest BCUT2D eigenvalue weighted by Gasteiger charge is -1.97. The minimum absolute atomic E-state index is 0.706. The van der Waals surface area contributed by atoms with Gasteiger partial charge in [-0.2, -0.15) is 0 Å². The number of unbranched alkanes of at least 4 members (excludes halogenated alkanes) is 1. The predicted octanol–water partition coefficient (Wildman–Crippen LogP) is 2.74. The molecule has 0 bridgehead atoms. The smallest absolute Gasteiger partial charge is 0.0858 e. The minimum Gasteiger partial charge on any atom is -0.397 e. The zero-order valence-electron chi connectivity index (χ0n) is 8.48. The van der Waals surface area contributed by atoms with Crippen LogP contribution in [0.3, 0.4) is 0 Å². The summed E-state index contributed by atoms with van der Waals surface area (Å²) in [6, 6.07) is 5.71. The number of nitrogens with zero attached hydrogens (tertiary/aromatic N) is 1. The average molecular weight is 188 g/mol. The number of hydrogen-bond donors (Lipinski definition) is 1. The van der Waals surface area contributed by atoms with E-state index in [1.807, 2.05) is 30.4 Å². The average Bonchev–Trinajstić information content (AvgIpc) is 2.25. The van der Waals surface area contributed by atoms with E-state index in [0.29, 0.717) is 5.70 Å². The van der Waals surface area contributed by atoms with Crippen molar-refractivity contribution in [3.05, 3.63) is 48.3 Å². The van der Waals surface area contributed by atoms with Crippen LogP contribution < -0.4 is 5.73 Å². The Morgan fingerprint density at radius 3 is 3.00 bits per heavy atom. The molecule has 2 nitrogen and oxygen atoms in total. The molecule has 0 aliphatic carbocycles. The molecule has 0 aromatic carbocycles. The quantitative estimate of drug-likeness (QED) is 0.738. The fraction of sp³-hybridized carbons (Fsp3) is 0.250. The van der Waals surface area contributed by atoms with Gasteiger partial charge in [0.1, 0.15) is 0 Å². The van der Waals surface area contributed by atoms with Gasteiger partial charge in [-0.3, -0.25) is 4.98 Å². The highest BCUT2D eigenvalue weighted by Gasteiger charge is 1.92. The molecule has 74 valence electrons. The van der Waals surface area contributed by atoms with E-state index < -0.39 is 0 Å². The first-order valence-corrected chi connectivity index (χ1v) is 4.88. The molecule has 1 aromatic rings.